The van der Waals surface area contributed by atoms with E-state index in [9.17, 15) is 9.59 Å². The molecule has 2 aromatic rings. The quantitative estimate of drug-likeness (QED) is 0.906. The summed E-state index contributed by atoms with van der Waals surface area (Å²) in [5.74, 6) is -1.49. The highest BCUT2D eigenvalue weighted by atomic mass is 32.1. The number of amides is 1. The number of aromatic carboxylic acids is 1. The zero-order valence-corrected chi connectivity index (χ0v) is 12.0. The molecule has 104 valence electrons. The highest BCUT2D eigenvalue weighted by Crippen LogP contribution is 2.25. The van der Waals surface area contributed by atoms with Crippen LogP contribution in [0.15, 0.2) is 12.1 Å². The van der Waals surface area contributed by atoms with Gasteiger partial charge in [0.05, 0.1) is 17.0 Å². The van der Waals surface area contributed by atoms with E-state index in [0.29, 0.717) is 17.0 Å². The van der Waals surface area contributed by atoms with Crippen LogP contribution in [0.3, 0.4) is 0 Å². The van der Waals surface area contributed by atoms with Crippen LogP contribution in [0.25, 0.3) is 0 Å². The molecular weight excluding hydrogens is 278 g/mol. The van der Waals surface area contributed by atoms with Gasteiger partial charge in [0.25, 0.3) is 5.91 Å². The maximum atomic E-state index is 12.2. The van der Waals surface area contributed by atoms with Crippen molar-refractivity contribution in [2.75, 3.05) is 5.32 Å². The third-order valence-corrected chi connectivity index (χ3v) is 3.63. The summed E-state index contributed by atoms with van der Waals surface area (Å²) in [5.41, 5.74) is 2.25. The maximum Gasteiger partial charge on any atom is 0.340 e. The Morgan fingerprint density at radius 3 is 2.50 bits per heavy atom. The number of carbonyl (C=O) groups excluding carboxylic acids is 1. The molecule has 0 aromatic carbocycles. The van der Waals surface area contributed by atoms with E-state index >= 15 is 0 Å². The Hall–Kier alpha value is -2.28. The fraction of sp³-hybridized carbons (Fsp3) is 0.231. The van der Waals surface area contributed by atoms with Gasteiger partial charge in [-0.1, -0.05) is 0 Å². The molecule has 0 radical (unpaired) electrons. The molecule has 0 saturated carbocycles. The lowest BCUT2D eigenvalue weighted by Gasteiger charge is -2.06. The van der Waals surface area contributed by atoms with Gasteiger partial charge in [-0.2, -0.15) is 4.37 Å². The van der Waals surface area contributed by atoms with Gasteiger partial charge in [-0.15, -0.1) is 0 Å². The van der Waals surface area contributed by atoms with Crippen molar-refractivity contribution in [2.45, 2.75) is 20.8 Å². The molecule has 0 aliphatic carbocycles. The summed E-state index contributed by atoms with van der Waals surface area (Å²) in [6.45, 7) is 5.16. The topological polar surface area (TPSA) is 92.2 Å². The normalized spacial score (nSPS) is 10.3. The Balaban J connectivity index is 2.31. The Morgan fingerprint density at radius 2 is 1.90 bits per heavy atom. The fourth-order valence-electron chi connectivity index (χ4n) is 1.80. The van der Waals surface area contributed by atoms with E-state index in [2.05, 4.69) is 14.7 Å². The average molecular weight is 291 g/mol. The highest BCUT2D eigenvalue weighted by molar-refractivity contribution is 7.11. The lowest BCUT2D eigenvalue weighted by molar-refractivity contribution is 0.0697. The molecule has 6 nitrogen and oxygen atoms in total. The van der Waals surface area contributed by atoms with Gasteiger partial charge in [-0.25, -0.2) is 4.79 Å². The molecule has 0 aliphatic rings. The molecule has 0 spiro atoms. The van der Waals surface area contributed by atoms with Crippen molar-refractivity contribution >= 4 is 28.4 Å². The second-order valence-corrected chi connectivity index (χ2v) is 5.09. The van der Waals surface area contributed by atoms with E-state index in [4.69, 9.17) is 5.11 Å². The Kier molecular flexibility index (Phi) is 3.80. The van der Waals surface area contributed by atoms with E-state index < -0.39 is 5.97 Å². The van der Waals surface area contributed by atoms with Gasteiger partial charge < -0.3 is 10.4 Å². The molecule has 2 rings (SSSR count). The molecule has 2 N–H and O–H groups in total. The Labute approximate surface area is 119 Å². The summed E-state index contributed by atoms with van der Waals surface area (Å²) in [5, 5.41) is 11.9. The van der Waals surface area contributed by atoms with E-state index in [1.54, 1.807) is 26.0 Å². The number of pyridine rings is 1. The molecule has 0 unspecified atom stereocenters. The van der Waals surface area contributed by atoms with Crippen molar-refractivity contribution in [2.24, 2.45) is 0 Å². The van der Waals surface area contributed by atoms with E-state index in [0.717, 1.165) is 17.2 Å². The molecular formula is C13H13N3O3S. The minimum atomic E-state index is -1.11. The summed E-state index contributed by atoms with van der Waals surface area (Å²) in [6.07, 6.45) is 0. The zero-order chi connectivity index (χ0) is 14.9. The average Bonchev–Trinajstić information content (AvgIpc) is 2.70. The van der Waals surface area contributed by atoms with Crippen LogP contribution in [-0.2, 0) is 0 Å². The number of nitrogens with one attached hydrogen (secondary N) is 1. The maximum absolute atomic E-state index is 12.2. The third kappa shape index (κ3) is 2.67. The number of nitrogens with zero attached hydrogens (tertiary/aromatic N) is 2. The highest BCUT2D eigenvalue weighted by Gasteiger charge is 2.20. The van der Waals surface area contributed by atoms with Gasteiger partial charge in [0.1, 0.15) is 10.6 Å². The largest absolute Gasteiger partial charge is 0.478 e. The number of carboxylic acid groups (broad SMARTS) is 1. The van der Waals surface area contributed by atoms with Crippen LogP contribution in [0, 0.1) is 20.8 Å². The van der Waals surface area contributed by atoms with E-state index in [1.165, 1.54) is 0 Å². The van der Waals surface area contributed by atoms with Gasteiger partial charge in [0.2, 0.25) is 0 Å². The minimum absolute atomic E-state index is 0.0288. The second kappa shape index (κ2) is 5.38. The Morgan fingerprint density at radius 1 is 1.20 bits per heavy atom. The molecule has 0 atom stereocenters. The molecule has 0 fully saturated rings. The van der Waals surface area contributed by atoms with Gasteiger partial charge in [-0.05, 0) is 44.4 Å². The first-order valence-electron chi connectivity index (χ1n) is 5.85. The van der Waals surface area contributed by atoms with E-state index in [1.807, 2.05) is 6.92 Å². The van der Waals surface area contributed by atoms with Crippen LogP contribution < -0.4 is 5.32 Å². The van der Waals surface area contributed by atoms with Crippen molar-refractivity contribution in [1.82, 2.24) is 9.36 Å². The Bertz CT molecular complexity index is 694. The predicted octanol–water partition coefficient (Wildman–Crippen LogP) is 2.41. The second-order valence-electron chi connectivity index (χ2n) is 4.32. The first-order valence-corrected chi connectivity index (χ1v) is 6.62. The summed E-state index contributed by atoms with van der Waals surface area (Å²) in [6, 6.07) is 3.40. The number of aromatic nitrogens is 2. The number of hydrogen-bond acceptors (Lipinski definition) is 5. The molecule has 0 saturated heterocycles. The molecule has 0 bridgehead atoms. The minimum Gasteiger partial charge on any atom is -0.478 e. The lowest BCUT2D eigenvalue weighted by Crippen LogP contribution is -2.15. The summed E-state index contributed by atoms with van der Waals surface area (Å²) in [4.78, 5) is 27.5. The molecule has 20 heavy (non-hydrogen) atoms. The standard InChI is InChI=1S/C13H13N3O3S/c1-6-4-5-9(7(2)14-6)11(17)15-12-10(13(18)19)8(3)16-20-12/h4-5H,1-3H3,(H,15,17)(H,18,19). The van der Waals surface area contributed by atoms with Crippen molar-refractivity contribution < 1.29 is 14.7 Å². The third-order valence-electron chi connectivity index (χ3n) is 2.77. The van der Waals surface area contributed by atoms with Crippen molar-refractivity contribution in [1.29, 1.82) is 0 Å². The van der Waals surface area contributed by atoms with Gasteiger partial charge in [-0.3, -0.25) is 9.78 Å². The number of anilines is 1. The van der Waals surface area contributed by atoms with E-state index in [-0.39, 0.29) is 16.5 Å². The van der Waals surface area contributed by atoms with Gasteiger partial charge in [0, 0.05) is 5.69 Å². The molecule has 7 heteroatoms. The van der Waals surface area contributed by atoms with Gasteiger partial charge in [0.15, 0.2) is 0 Å². The molecule has 0 aliphatic heterocycles. The number of aryl methyl sites for hydroxylation is 3. The number of hydrogen-bond donors (Lipinski definition) is 2. The monoisotopic (exact) mass is 291 g/mol. The van der Waals surface area contributed by atoms with Crippen LogP contribution in [0.1, 0.15) is 37.8 Å². The number of carbonyl (C=O) groups is 2. The predicted molar refractivity (Wildman–Crippen MR) is 75.5 cm³/mol. The number of rotatable bonds is 3. The molecule has 2 aromatic heterocycles. The van der Waals surface area contributed by atoms with Crippen molar-refractivity contribution in [3.63, 3.8) is 0 Å². The first-order chi connectivity index (χ1) is 9.40. The summed E-state index contributed by atoms with van der Waals surface area (Å²) >= 11 is 0.953. The smallest absolute Gasteiger partial charge is 0.340 e. The zero-order valence-electron chi connectivity index (χ0n) is 11.2. The molecule has 2 heterocycles. The number of carboxylic acids is 1. The van der Waals surface area contributed by atoms with Gasteiger partial charge >= 0.3 is 5.97 Å². The lowest BCUT2D eigenvalue weighted by atomic mass is 10.1. The van der Waals surface area contributed by atoms with Crippen molar-refractivity contribution in [3.05, 3.63) is 40.3 Å². The van der Waals surface area contributed by atoms with Crippen molar-refractivity contribution in [3.8, 4) is 0 Å². The summed E-state index contributed by atoms with van der Waals surface area (Å²) in [7, 11) is 0. The van der Waals surface area contributed by atoms with Crippen LogP contribution >= 0.6 is 11.5 Å². The van der Waals surface area contributed by atoms with Crippen LogP contribution in [-0.4, -0.2) is 26.3 Å². The van der Waals surface area contributed by atoms with Crippen LogP contribution in [0.4, 0.5) is 5.00 Å². The molecule has 1 amide bonds. The van der Waals surface area contributed by atoms with Crippen LogP contribution in [0.5, 0.6) is 0 Å². The SMILES string of the molecule is Cc1ccc(C(=O)Nc2snc(C)c2C(=O)O)c(C)n1. The summed E-state index contributed by atoms with van der Waals surface area (Å²) < 4.78 is 3.95. The first kappa shape index (κ1) is 14.1. The van der Waals surface area contributed by atoms with Crippen LogP contribution in [0.2, 0.25) is 0 Å². The fourth-order valence-corrected chi connectivity index (χ4v) is 2.59.